The maximum absolute atomic E-state index is 6.34. The lowest BCUT2D eigenvalue weighted by Gasteiger charge is -2.60. The van der Waals surface area contributed by atoms with Crippen molar-refractivity contribution in [2.24, 2.45) is 11.3 Å². The molecule has 0 spiro atoms. The number of ether oxygens (including phenoxy) is 1. The van der Waals surface area contributed by atoms with Crippen molar-refractivity contribution in [1.29, 1.82) is 0 Å². The molecule has 3 unspecified atom stereocenters. The van der Waals surface area contributed by atoms with Gasteiger partial charge in [0, 0.05) is 29.0 Å². The Morgan fingerprint density at radius 3 is 2.75 bits per heavy atom. The molecule has 2 aliphatic rings. The lowest BCUT2D eigenvalue weighted by molar-refractivity contribution is -0.177. The Morgan fingerprint density at radius 2 is 2.00 bits per heavy atom. The monoisotopic (exact) mass is 313 g/mol. The van der Waals surface area contributed by atoms with Gasteiger partial charge in [0.1, 0.15) is 0 Å². The van der Waals surface area contributed by atoms with E-state index in [2.05, 4.69) is 19.2 Å². The van der Waals surface area contributed by atoms with E-state index in [9.17, 15) is 0 Å². The number of hydrogen-bond acceptors (Lipinski definition) is 2. The van der Waals surface area contributed by atoms with Crippen LogP contribution in [0.2, 0.25) is 10.0 Å². The fourth-order valence-corrected chi connectivity index (χ4v) is 4.18. The van der Waals surface area contributed by atoms with Gasteiger partial charge in [-0.25, -0.2) is 0 Å². The first kappa shape index (κ1) is 14.5. The van der Waals surface area contributed by atoms with E-state index in [1.54, 1.807) is 0 Å². The first-order chi connectivity index (χ1) is 9.41. The second-order valence-electron chi connectivity index (χ2n) is 6.62. The van der Waals surface area contributed by atoms with E-state index in [-0.39, 0.29) is 5.41 Å². The molecule has 0 aromatic heterocycles. The summed E-state index contributed by atoms with van der Waals surface area (Å²) < 4.78 is 5.93. The average molecular weight is 314 g/mol. The van der Waals surface area contributed by atoms with Crippen molar-refractivity contribution in [3.8, 4) is 0 Å². The second-order valence-corrected chi connectivity index (χ2v) is 7.44. The normalized spacial score (nSPS) is 31.4. The number of anilines is 1. The van der Waals surface area contributed by atoms with E-state index in [4.69, 9.17) is 27.9 Å². The van der Waals surface area contributed by atoms with Crippen LogP contribution in [0.3, 0.4) is 0 Å². The molecule has 1 aromatic rings. The van der Waals surface area contributed by atoms with Crippen molar-refractivity contribution in [1.82, 2.24) is 0 Å². The predicted molar refractivity (Wildman–Crippen MR) is 84.9 cm³/mol. The molecule has 1 aromatic carbocycles. The third-order valence-corrected chi connectivity index (χ3v) is 5.61. The smallest absolute Gasteiger partial charge is 0.0693 e. The van der Waals surface area contributed by atoms with Gasteiger partial charge >= 0.3 is 0 Å². The SMILES string of the molecule is Cc1cc(Cl)c(NC2C3CCCOC3C2(C)C)cc1Cl. The zero-order valence-electron chi connectivity index (χ0n) is 12.2. The maximum Gasteiger partial charge on any atom is 0.0693 e. The molecule has 0 radical (unpaired) electrons. The van der Waals surface area contributed by atoms with E-state index >= 15 is 0 Å². The number of aryl methyl sites for hydroxylation is 1. The van der Waals surface area contributed by atoms with Crippen molar-refractivity contribution in [3.63, 3.8) is 0 Å². The lowest BCUT2D eigenvalue weighted by Crippen LogP contribution is -2.67. The summed E-state index contributed by atoms with van der Waals surface area (Å²) in [5.41, 5.74) is 2.07. The summed E-state index contributed by atoms with van der Waals surface area (Å²) >= 11 is 12.6. The van der Waals surface area contributed by atoms with E-state index < -0.39 is 0 Å². The maximum atomic E-state index is 6.34. The van der Waals surface area contributed by atoms with Gasteiger partial charge < -0.3 is 10.1 Å². The topological polar surface area (TPSA) is 21.3 Å². The second kappa shape index (κ2) is 5.08. The number of hydrogen-bond donors (Lipinski definition) is 1. The van der Waals surface area contributed by atoms with Crippen LogP contribution in [0.4, 0.5) is 5.69 Å². The molecule has 1 saturated carbocycles. The minimum absolute atomic E-state index is 0.131. The molecule has 0 bridgehead atoms. The van der Waals surface area contributed by atoms with Gasteiger partial charge in [0.2, 0.25) is 0 Å². The largest absolute Gasteiger partial charge is 0.380 e. The van der Waals surface area contributed by atoms with E-state index in [0.717, 1.165) is 34.3 Å². The summed E-state index contributed by atoms with van der Waals surface area (Å²) in [4.78, 5) is 0. The average Bonchev–Trinajstić information content (AvgIpc) is 2.41. The predicted octanol–water partition coefficient (Wildman–Crippen LogP) is 4.92. The third kappa shape index (κ3) is 2.22. The Bertz CT molecular complexity index is 529. The van der Waals surface area contributed by atoms with Crippen LogP contribution in [0.15, 0.2) is 12.1 Å². The molecular weight excluding hydrogens is 293 g/mol. The number of benzene rings is 1. The zero-order chi connectivity index (χ0) is 14.5. The van der Waals surface area contributed by atoms with E-state index in [1.807, 2.05) is 19.1 Å². The molecule has 1 aliphatic carbocycles. The molecular formula is C16H21Cl2NO. The third-order valence-electron chi connectivity index (χ3n) is 4.89. The number of fused-ring (bicyclic) bond motifs is 1. The Balaban J connectivity index is 1.82. The molecule has 2 fully saturated rings. The van der Waals surface area contributed by atoms with Crippen LogP contribution in [0, 0.1) is 18.3 Å². The molecule has 1 saturated heterocycles. The van der Waals surface area contributed by atoms with Gasteiger partial charge in [-0.2, -0.15) is 0 Å². The van der Waals surface area contributed by atoms with Crippen LogP contribution in [0.25, 0.3) is 0 Å². The molecule has 1 heterocycles. The fourth-order valence-electron chi connectivity index (χ4n) is 3.74. The summed E-state index contributed by atoms with van der Waals surface area (Å²) in [6, 6.07) is 4.25. The summed E-state index contributed by atoms with van der Waals surface area (Å²) in [7, 11) is 0. The minimum atomic E-state index is 0.131. The number of halogens is 2. The highest BCUT2D eigenvalue weighted by Gasteiger charge is 2.57. The van der Waals surface area contributed by atoms with Crippen molar-refractivity contribution in [3.05, 3.63) is 27.7 Å². The minimum Gasteiger partial charge on any atom is -0.380 e. The Labute approximate surface area is 130 Å². The quantitative estimate of drug-likeness (QED) is 0.837. The van der Waals surface area contributed by atoms with Crippen LogP contribution < -0.4 is 5.32 Å². The lowest BCUT2D eigenvalue weighted by atomic mass is 9.55. The van der Waals surface area contributed by atoms with Gasteiger partial charge in [-0.15, -0.1) is 0 Å². The van der Waals surface area contributed by atoms with Gasteiger partial charge in [-0.1, -0.05) is 37.0 Å². The fraction of sp³-hybridized carbons (Fsp3) is 0.625. The van der Waals surface area contributed by atoms with Crippen molar-refractivity contribution >= 4 is 28.9 Å². The van der Waals surface area contributed by atoms with Gasteiger partial charge in [0.15, 0.2) is 0 Å². The highest BCUT2D eigenvalue weighted by atomic mass is 35.5. The van der Waals surface area contributed by atoms with Crippen LogP contribution in [0.5, 0.6) is 0 Å². The summed E-state index contributed by atoms with van der Waals surface area (Å²) in [6.07, 6.45) is 2.74. The van der Waals surface area contributed by atoms with Crippen LogP contribution in [0.1, 0.15) is 32.3 Å². The number of rotatable bonds is 2. The van der Waals surface area contributed by atoms with Gasteiger partial charge in [-0.3, -0.25) is 0 Å². The van der Waals surface area contributed by atoms with Crippen molar-refractivity contribution in [2.75, 3.05) is 11.9 Å². The molecule has 1 N–H and O–H groups in total. The van der Waals surface area contributed by atoms with Crippen LogP contribution in [-0.4, -0.2) is 18.8 Å². The Morgan fingerprint density at radius 1 is 1.25 bits per heavy atom. The highest BCUT2D eigenvalue weighted by Crippen LogP contribution is 2.52. The standard InChI is InChI=1S/C16H21Cl2NO/c1-9-7-12(18)13(8-11(9)17)19-14-10-5-4-6-20-15(10)16(14,2)3/h7-8,10,14-15,19H,4-6H2,1-3H3. The molecule has 4 heteroatoms. The molecule has 3 rings (SSSR count). The highest BCUT2D eigenvalue weighted by molar-refractivity contribution is 6.35. The zero-order valence-corrected chi connectivity index (χ0v) is 13.7. The van der Waals surface area contributed by atoms with Gasteiger partial charge in [0.05, 0.1) is 16.8 Å². The molecule has 1 aliphatic heterocycles. The van der Waals surface area contributed by atoms with Crippen molar-refractivity contribution in [2.45, 2.75) is 45.8 Å². The number of nitrogens with one attached hydrogen (secondary N) is 1. The van der Waals surface area contributed by atoms with Gasteiger partial charge in [-0.05, 0) is 37.5 Å². The van der Waals surface area contributed by atoms with Gasteiger partial charge in [0.25, 0.3) is 0 Å². The first-order valence-corrected chi connectivity index (χ1v) is 8.00. The molecule has 110 valence electrons. The van der Waals surface area contributed by atoms with E-state index in [1.165, 1.54) is 6.42 Å². The van der Waals surface area contributed by atoms with Crippen LogP contribution >= 0.6 is 23.2 Å². The first-order valence-electron chi connectivity index (χ1n) is 7.25. The van der Waals surface area contributed by atoms with Crippen LogP contribution in [-0.2, 0) is 4.74 Å². The summed E-state index contributed by atoms with van der Waals surface area (Å²) in [5.74, 6) is 0.579. The Hall–Kier alpha value is -0.440. The Kier molecular flexibility index (Phi) is 3.68. The summed E-state index contributed by atoms with van der Waals surface area (Å²) in [6.45, 7) is 7.40. The van der Waals surface area contributed by atoms with Crippen molar-refractivity contribution < 1.29 is 4.74 Å². The van der Waals surface area contributed by atoms with E-state index in [0.29, 0.717) is 18.1 Å². The molecule has 2 nitrogen and oxygen atoms in total. The molecule has 3 atom stereocenters. The summed E-state index contributed by atoms with van der Waals surface area (Å²) in [5, 5.41) is 5.10. The molecule has 20 heavy (non-hydrogen) atoms. The molecule has 0 amide bonds.